The highest BCUT2D eigenvalue weighted by Gasteiger charge is 2.07. The van der Waals surface area contributed by atoms with Gasteiger partial charge in [0, 0.05) is 12.8 Å². The molecule has 0 bridgehead atoms. The first-order valence-corrected chi connectivity index (χ1v) is 7.37. The van der Waals surface area contributed by atoms with Crippen LogP contribution in [-0.2, 0) is 16.0 Å². The number of hydrogen-bond donors (Lipinski definition) is 0. The van der Waals surface area contributed by atoms with Gasteiger partial charge in [-0.05, 0) is 19.4 Å². The topological polar surface area (TPSA) is 26.3 Å². The molecule has 2 rings (SSSR count). The zero-order valence-corrected chi connectivity index (χ0v) is 13.1. The number of rotatable bonds is 4. The van der Waals surface area contributed by atoms with Crippen LogP contribution in [0.15, 0.2) is 60.7 Å². The van der Waals surface area contributed by atoms with Crippen molar-refractivity contribution in [3.8, 4) is 0 Å². The van der Waals surface area contributed by atoms with Gasteiger partial charge in [0.1, 0.15) is 6.10 Å². The van der Waals surface area contributed by atoms with Gasteiger partial charge in [-0.2, -0.15) is 0 Å². The molecule has 21 heavy (non-hydrogen) atoms. The summed E-state index contributed by atoms with van der Waals surface area (Å²) in [7, 11) is 0. The zero-order valence-electron chi connectivity index (χ0n) is 13.1. The number of hydrogen-bond acceptors (Lipinski definition) is 2. The minimum Gasteiger partial charge on any atom is -0.462 e. The predicted octanol–water partition coefficient (Wildman–Crippen LogP) is 4.57. The Morgan fingerprint density at radius 1 is 1.00 bits per heavy atom. The molecule has 2 heteroatoms. The molecule has 2 nitrogen and oxygen atoms in total. The van der Waals surface area contributed by atoms with Gasteiger partial charge in [-0.3, -0.25) is 4.79 Å². The van der Waals surface area contributed by atoms with E-state index in [0.29, 0.717) is 6.42 Å². The highest BCUT2D eigenvalue weighted by Crippen LogP contribution is 2.08. The third-order valence-electron chi connectivity index (χ3n) is 2.93. The Balaban J connectivity index is 0.000000304. The number of carbonyl (C=O) groups excluding carboxylic acids is 1. The molecule has 0 heterocycles. The Labute approximate surface area is 127 Å². The number of carbonyl (C=O) groups is 1. The Morgan fingerprint density at radius 3 is 1.90 bits per heavy atom. The van der Waals surface area contributed by atoms with E-state index in [1.165, 1.54) is 11.1 Å². The van der Waals surface area contributed by atoms with Gasteiger partial charge >= 0.3 is 5.97 Å². The summed E-state index contributed by atoms with van der Waals surface area (Å²) in [5.74, 6) is -0.130. The Kier molecular flexibility index (Phi) is 7.88. The molecule has 0 saturated heterocycles. The van der Waals surface area contributed by atoms with Crippen LogP contribution in [0.4, 0.5) is 0 Å². The molecule has 0 aromatic heterocycles. The third-order valence-corrected chi connectivity index (χ3v) is 2.93. The molecule has 0 aliphatic carbocycles. The van der Waals surface area contributed by atoms with Crippen LogP contribution in [-0.4, -0.2) is 12.1 Å². The lowest BCUT2D eigenvalue weighted by atomic mass is 10.1. The van der Waals surface area contributed by atoms with Gasteiger partial charge in [-0.25, -0.2) is 0 Å². The smallest absolute Gasteiger partial charge is 0.305 e. The number of benzene rings is 2. The van der Waals surface area contributed by atoms with E-state index in [1.807, 2.05) is 43.3 Å². The Morgan fingerprint density at radius 2 is 1.48 bits per heavy atom. The first-order chi connectivity index (χ1) is 10.1. The van der Waals surface area contributed by atoms with Crippen LogP contribution in [0, 0.1) is 6.92 Å². The fraction of sp³-hybridized carbons (Fsp3) is 0.316. The number of ether oxygens (including phenoxy) is 1. The van der Waals surface area contributed by atoms with Crippen molar-refractivity contribution in [2.75, 3.05) is 0 Å². The zero-order chi connectivity index (χ0) is 15.5. The first kappa shape index (κ1) is 17.0. The second-order valence-electron chi connectivity index (χ2n) is 5.00. The summed E-state index contributed by atoms with van der Waals surface area (Å²) >= 11 is 0. The van der Waals surface area contributed by atoms with E-state index < -0.39 is 0 Å². The predicted molar refractivity (Wildman–Crippen MR) is 87.2 cm³/mol. The summed E-state index contributed by atoms with van der Waals surface area (Å²) in [6.45, 7) is 5.79. The normalized spacial score (nSPS) is 11.0. The SMILES string of the molecule is CCC(=O)OC(C)Cc1ccc(C)cc1.c1ccccc1. The maximum atomic E-state index is 11.0. The summed E-state index contributed by atoms with van der Waals surface area (Å²) in [5.41, 5.74) is 2.45. The molecule has 112 valence electrons. The lowest BCUT2D eigenvalue weighted by Crippen LogP contribution is -2.16. The van der Waals surface area contributed by atoms with Crippen LogP contribution in [0.3, 0.4) is 0 Å². The molecule has 0 amide bonds. The van der Waals surface area contributed by atoms with Gasteiger partial charge in [0.15, 0.2) is 0 Å². The minimum absolute atomic E-state index is 0.0415. The monoisotopic (exact) mass is 284 g/mol. The van der Waals surface area contributed by atoms with E-state index in [-0.39, 0.29) is 12.1 Å². The third kappa shape index (κ3) is 7.93. The molecule has 0 N–H and O–H groups in total. The summed E-state index contributed by atoms with van der Waals surface area (Å²) in [6.07, 6.45) is 1.18. The van der Waals surface area contributed by atoms with Crippen LogP contribution in [0.2, 0.25) is 0 Å². The van der Waals surface area contributed by atoms with E-state index in [0.717, 1.165) is 6.42 Å². The lowest BCUT2D eigenvalue weighted by Gasteiger charge is -2.12. The van der Waals surface area contributed by atoms with Gasteiger partial charge in [-0.15, -0.1) is 0 Å². The average molecular weight is 284 g/mol. The van der Waals surface area contributed by atoms with Crippen molar-refractivity contribution in [2.24, 2.45) is 0 Å². The Bertz CT molecular complexity index is 476. The first-order valence-electron chi connectivity index (χ1n) is 7.37. The fourth-order valence-electron chi connectivity index (χ4n) is 1.79. The van der Waals surface area contributed by atoms with Crippen LogP contribution < -0.4 is 0 Å². The highest BCUT2D eigenvalue weighted by atomic mass is 16.5. The largest absolute Gasteiger partial charge is 0.462 e. The molecule has 0 saturated carbocycles. The molecule has 2 aromatic rings. The second-order valence-corrected chi connectivity index (χ2v) is 5.00. The van der Waals surface area contributed by atoms with Gasteiger partial charge < -0.3 is 4.74 Å². The van der Waals surface area contributed by atoms with Crippen molar-refractivity contribution in [1.82, 2.24) is 0 Å². The van der Waals surface area contributed by atoms with E-state index in [9.17, 15) is 4.79 Å². The van der Waals surface area contributed by atoms with Crippen LogP contribution >= 0.6 is 0 Å². The lowest BCUT2D eigenvalue weighted by molar-refractivity contribution is -0.147. The molecule has 0 radical (unpaired) electrons. The van der Waals surface area contributed by atoms with Crippen molar-refractivity contribution in [1.29, 1.82) is 0 Å². The second kappa shape index (κ2) is 9.76. The van der Waals surface area contributed by atoms with Crippen molar-refractivity contribution >= 4 is 5.97 Å². The molecule has 1 atom stereocenters. The maximum Gasteiger partial charge on any atom is 0.305 e. The van der Waals surface area contributed by atoms with Crippen LogP contribution in [0.1, 0.15) is 31.4 Å². The van der Waals surface area contributed by atoms with Crippen molar-refractivity contribution in [2.45, 2.75) is 39.7 Å². The molecule has 0 spiro atoms. The summed E-state index contributed by atoms with van der Waals surface area (Å²) in [4.78, 5) is 11.0. The molecule has 1 unspecified atom stereocenters. The fourth-order valence-corrected chi connectivity index (χ4v) is 1.79. The van der Waals surface area contributed by atoms with Gasteiger partial charge in [0.2, 0.25) is 0 Å². The molecular formula is C19H24O2. The van der Waals surface area contributed by atoms with Gasteiger partial charge in [-0.1, -0.05) is 73.2 Å². The van der Waals surface area contributed by atoms with E-state index >= 15 is 0 Å². The highest BCUT2D eigenvalue weighted by molar-refractivity contribution is 5.69. The van der Waals surface area contributed by atoms with E-state index in [4.69, 9.17) is 4.74 Å². The van der Waals surface area contributed by atoms with Crippen molar-refractivity contribution in [3.63, 3.8) is 0 Å². The molecule has 0 aliphatic heterocycles. The van der Waals surface area contributed by atoms with Gasteiger partial charge in [0.25, 0.3) is 0 Å². The van der Waals surface area contributed by atoms with Crippen molar-refractivity contribution in [3.05, 3.63) is 71.8 Å². The van der Waals surface area contributed by atoms with E-state index in [1.54, 1.807) is 6.92 Å². The standard InChI is InChI=1S/C13H18O2.C6H6/c1-4-13(14)15-11(3)9-12-7-5-10(2)6-8-12;1-2-4-6-5-3-1/h5-8,11H,4,9H2,1-3H3;1-6H. The van der Waals surface area contributed by atoms with Gasteiger partial charge in [0.05, 0.1) is 0 Å². The number of aryl methyl sites for hydroxylation is 1. The van der Waals surface area contributed by atoms with Crippen molar-refractivity contribution < 1.29 is 9.53 Å². The summed E-state index contributed by atoms with van der Waals surface area (Å²) in [6, 6.07) is 20.3. The average Bonchev–Trinajstić information content (AvgIpc) is 2.52. The maximum absolute atomic E-state index is 11.0. The molecular weight excluding hydrogens is 260 g/mol. The molecule has 0 fully saturated rings. The van der Waals surface area contributed by atoms with Crippen LogP contribution in [0.5, 0.6) is 0 Å². The quantitative estimate of drug-likeness (QED) is 0.769. The molecule has 0 aliphatic rings. The van der Waals surface area contributed by atoms with E-state index in [2.05, 4.69) is 31.2 Å². The summed E-state index contributed by atoms with van der Waals surface area (Å²) in [5, 5.41) is 0. The minimum atomic E-state index is -0.130. The number of esters is 1. The van der Waals surface area contributed by atoms with Crippen LogP contribution in [0.25, 0.3) is 0 Å². The Hall–Kier alpha value is -2.09. The molecule has 2 aromatic carbocycles. The summed E-state index contributed by atoms with van der Waals surface area (Å²) < 4.78 is 5.19.